The lowest BCUT2D eigenvalue weighted by atomic mass is 9.91. The first kappa shape index (κ1) is 10.9. The Labute approximate surface area is 95.7 Å². The van der Waals surface area contributed by atoms with Gasteiger partial charge in [-0.1, -0.05) is 6.08 Å². The number of hydrogen-bond donors (Lipinski definition) is 2. The van der Waals surface area contributed by atoms with E-state index in [2.05, 4.69) is 25.2 Å². The van der Waals surface area contributed by atoms with Crippen molar-refractivity contribution >= 4 is 11.3 Å². The summed E-state index contributed by atoms with van der Waals surface area (Å²) in [5.41, 5.74) is 3.00. The summed E-state index contributed by atoms with van der Waals surface area (Å²) in [4.78, 5) is 0. The fraction of sp³-hybridized carbons (Fsp3) is 0.385. The summed E-state index contributed by atoms with van der Waals surface area (Å²) in [7, 11) is 1.61. The van der Waals surface area contributed by atoms with E-state index in [-0.39, 0.29) is 11.3 Å². The van der Waals surface area contributed by atoms with Gasteiger partial charge < -0.3 is 15.2 Å². The Morgan fingerprint density at radius 3 is 2.62 bits per heavy atom. The molecule has 0 aromatic heterocycles. The van der Waals surface area contributed by atoms with E-state index in [4.69, 9.17) is 4.74 Å². The molecule has 0 radical (unpaired) electrons. The van der Waals surface area contributed by atoms with Gasteiger partial charge in [0.2, 0.25) is 0 Å². The fourth-order valence-corrected chi connectivity index (χ4v) is 2.18. The minimum Gasteiger partial charge on any atom is -0.508 e. The van der Waals surface area contributed by atoms with Gasteiger partial charge in [0.05, 0.1) is 18.3 Å². The van der Waals surface area contributed by atoms with Crippen LogP contribution in [-0.2, 0) is 0 Å². The van der Waals surface area contributed by atoms with Crippen molar-refractivity contribution in [3.05, 3.63) is 23.8 Å². The largest absolute Gasteiger partial charge is 0.508 e. The second-order valence-electron chi connectivity index (χ2n) is 4.74. The number of aromatic hydroxyl groups is 1. The van der Waals surface area contributed by atoms with Crippen LogP contribution in [0.5, 0.6) is 11.5 Å². The summed E-state index contributed by atoms with van der Waals surface area (Å²) < 4.78 is 5.29. The molecule has 1 heterocycles. The van der Waals surface area contributed by atoms with Crippen molar-refractivity contribution in [2.24, 2.45) is 0 Å². The predicted molar refractivity (Wildman–Crippen MR) is 66.0 cm³/mol. The molecule has 1 aliphatic rings. The van der Waals surface area contributed by atoms with E-state index in [1.54, 1.807) is 19.2 Å². The van der Waals surface area contributed by atoms with Crippen molar-refractivity contribution in [2.45, 2.75) is 26.3 Å². The Kier molecular flexibility index (Phi) is 2.34. The first-order valence-corrected chi connectivity index (χ1v) is 5.32. The molecule has 3 nitrogen and oxygen atoms in total. The second-order valence-corrected chi connectivity index (χ2v) is 4.74. The lowest BCUT2D eigenvalue weighted by molar-refractivity contribution is 0.408. The normalized spacial score (nSPS) is 17.1. The molecule has 0 bridgehead atoms. The van der Waals surface area contributed by atoms with Crippen LogP contribution in [0.4, 0.5) is 5.69 Å². The number of anilines is 1. The molecule has 1 aliphatic heterocycles. The first-order chi connectivity index (χ1) is 7.43. The van der Waals surface area contributed by atoms with Gasteiger partial charge in [-0.05, 0) is 32.4 Å². The average Bonchev–Trinajstić information content (AvgIpc) is 2.17. The monoisotopic (exact) mass is 219 g/mol. The standard InChI is InChI=1S/C13H17NO2/c1-8-7-13(2,3)14-12-10(8)5-9(15)6-11(12)16-4/h5-7,14-15H,1-4H3. The fourth-order valence-electron chi connectivity index (χ4n) is 2.18. The number of phenolic OH excluding ortho intramolecular Hbond substituents is 1. The summed E-state index contributed by atoms with van der Waals surface area (Å²) in [5, 5.41) is 13.0. The van der Waals surface area contributed by atoms with Gasteiger partial charge in [-0.15, -0.1) is 0 Å². The molecule has 2 rings (SSSR count). The molecule has 1 aromatic rings. The zero-order valence-electron chi connectivity index (χ0n) is 10.1. The molecule has 3 heteroatoms. The highest BCUT2D eigenvalue weighted by Crippen LogP contribution is 2.42. The molecule has 0 amide bonds. The summed E-state index contributed by atoms with van der Waals surface area (Å²) in [5.74, 6) is 0.903. The highest BCUT2D eigenvalue weighted by Gasteiger charge is 2.25. The second kappa shape index (κ2) is 3.44. The van der Waals surface area contributed by atoms with E-state index in [0.717, 1.165) is 16.8 Å². The van der Waals surface area contributed by atoms with E-state index in [9.17, 15) is 5.11 Å². The number of methoxy groups -OCH3 is 1. The Balaban J connectivity index is 2.64. The number of ether oxygens (including phenoxy) is 1. The maximum absolute atomic E-state index is 9.61. The lowest BCUT2D eigenvalue weighted by Crippen LogP contribution is -2.31. The summed E-state index contributed by atoms with van der Waals surface area (Å²) in [6.45, 7) is 6.25. The third-order valence-electron chi connectivity index (χ3n) is 2.76. The van der Waals surface area contributed by atoms with E-state index in [0.29, 0.717) is 5.75 Å². The zero-order chi connectivity index (χ0) is 11.9. The Morgan fingerprint density at radius 2 is 2.00 bits per heavy atom. The van der Waals surface area contributed by atoms with Gasteiger partial charge >= 0.3 is 0 Å². The SMILES string of the molecule is COc1cc(O)cc2c1NC(C)(C)C=C2C. The zero-order valence-corrected chi connectivity index (χ0v) is 10.1. The van der Waals surface area contributed by atoms with Crippen LogP contribution in [0.1, 0.15) is 26.3 Å². The van der Waals surface area contributed by atoms with Gasteiger partial charge in [0, 0.05) is 11.6 Å². The van der Waals surface area contributed by atoms with E-state index in [1.165, 1.54) is 0 Å². The van der Waals surface area contributed by atoms with Crippen molar-refractivity contribution < 1.29 is 9.84 Å². The molecule has 2 N–H and O–H groups in total. The number of fused-ring (bicyclic) bond motifs is 1. The minimum atomic E-state index is -0.0959. The van der Waals surface area contributed by atoms with Crippen LogP contribution in [-0.4, -0.2) is 17.8 Å². The van der Waals surface area contributed by atoms with Gasteiger partial charge in [0.25, 0.3) is 0 Å². The van der Waals surface area contributed by atoms with Crippen molar-refractivity contribution in [3.8, 4) is 11.5 Å². The molecule has 16 heavy (non-hydrogen) atoms. The van der Waals surface area contributed by atoms with Gasteiger partial charge in [-0.3, -0.25) is 0 Å². The molecule has 0 aliphatic carbocycles. The van der Waals surface area contributed by atoms with Gasteiger partial charge in [-0.25, -0.2) is 0 Å². The van der Waals surface area contributed by atoms with Crippen LogP contribution in [0.2, 0.25) is 0 Å². The molecule has 0 saturated heterocycles. The smallest absolute Gasteiger partial charge is 0.146 e. The first-order valence-electron chi connectivity index (χ1n) is 5.32. The van der Waals surface area contributed by atoms with Crippen LogP contribution in [0.25, 0.3) is 5.57 Å². The van der Waals surface area contributed by atoms with Crippen molar-refractivity contribution in [1.29, 1.82) is 0 Å². The maximum atomic E-state index is 9.61. The number of phenols is 1. The van der Waals surface area contributed by atoms with Crippen LogP contribution < -0.4 is 10.1 Å². The third kappa shape index (κ3) is 1.73. The number of allylic oxidation sites excluding steroid dienone is 1. The van der Waals surface area contributed by atoms with Crippen LogP contribution in [0.15, 0.2) is 18.2 Å². The lowest BCUT2D eigenvalue weighted by Gasteiger charge is -2.32. The van der Waals surface area contributed by atoms with E-state index >= 15 is 0 Å². The molecule has 0 atom stereocenters. The highest BCUT2D eigenvalue weighted by molar-refractivity contribution is 5.84. The number of rotatable bonds is 1. The van der Waals surface area contributed by atoms with Crippen LogP contribution in [0.3, 0.4) is 0 Å². The molecule has 1 aromatic carbocycles. The quantitative estimate of drug-likeness (QED) is 0.713. The van der Waals surface area contributed by atoms with Gasteiger partial charge in [-0.2, -0.15) is 0 Å². The molecular weight excluding hydrogens is 202 g/mol. The predicted octanol–water partition coefficient (Wildman–Crippen LogP) is 3.01. The Hall–Kier alpha value is -1.64. The molecule has 0 saturated carbocycles. The summed E-state index contributed by atoms with van der Waals surface area (Å²) >= 11 is 0. The van der Waals surface area contributed by atoms with Crippen LogP contribution in [0, 0.1) is 0 Å². The molecule has 0 fully saturated rings. The topological polar surface area (TPSA) is 41.5 Å². The van der Waals surface area contributed by atoms with E-state index in [1.807, 2.05) is 6.92 Å². The summed E-state index contributed by atoms with van der Waals surface area (Å²) in [6, 6.07) is 3.38. The minimum absolute atomic E-state index is 0.0959. The van der Waals surface area contributed by atoms with Crippen LogP contribution >= 0.6 is 0 Å². The van der Waals surface area contributed by atoms with Crippen molar-refractivity contribution in [3.63, 3.8) is 0 Å². The average molecular weight is 219 g/mol. The Bertz CT molecular complexity index is 461. The van der Waals surface area contributed by atoms with E-state index < -0.39 is 0 Å². The highest BCUT2D eigenvalue weighted by atomic mass is 16.5. The molecule has 0 unspecified atom stereocenters. The van der Waals surface area contributed by atoms with Crippen molar-refractivity contribution in [2.75, 3.05) is 12.4 Å². The Morgan fingerprint density at radius 1 is 1.31 bits per heavy atom. The number of benzene rings is 1. The third-order valence-corrected chi connectivity index (χ3v) is 2.76. The van der Waals surface area contributed by atoms with Gasteiger partial charge in [0.1, 0.15) is 11.5 Å². The molecule has 0 spiro atoms. The number of hydrogen-bond acceptors (Lipinski definition) is 3. The number of nitrogens with one attached hydrogen (secondary N) is 1. The van der Waals surface area contributed by atoms with Gasteiger partial charge in [0.15, 0.2) is 0 Å². The summed E-state index contributed by atoms with van der Waals surface area (Å²) in [6.07, 6.45) is 2.15. The van der Waals surface area contributed by atoms with Crippen molar-refractivity contribution in [1.82, 2.24) is 0 Å². The maximum Gasteiger partial charge on any atom is 0.146 e. The molecular formula is C13H17NO2. The molecule has 86 valence electrons.